The fourth-order valence-electron chi connectivity index (χ4n) is 3.20. The van der Waals surface area contributed by atoms with E-state index in [-0.39, 0.29) is 50.7 Å². The first-order valence-electron chi connectivity index (χ1n) is 10.5. The Morgan fingerprint density at radius 2 is 1.74 bits per heavy atom. The summed E-state index contributed by atoms with van der Waals surface area (Å²) >= 11 is 6.62. The molecular formula is C22H12ClF6N5O4S. The van der Waals surface area contributed by atoms with E-state index in [1.54, 1.807) is 0 Å². The highest BCUT2D eigenvalue weighted by Crippen LogP contribution is 2.38. The van der Waals surface area contributed by atoms with Gasteiger partial charge in [0, 0.05) is 5.02 Å². The molecule has 2 heterocycles. The Morgan fingerprint density at radius 3 is 2.33 bits per heavy atom. The normalized spacial score (nSPS) is 13.3. The second-order valence-corrected chi connectivity index (χ2v) is 8.95. The lowest BCUT2D eigenvalue weighted by atomic mass is 10.1. The molecule has 0 aliphatic heterocycles. The molecule has 0 aliphatic rings. The molecule has 4 rings (SSSR count). The van der Waals surface area contributed by atoms with Crippen LogP contribution in [-0.4, -0.2) is 32.3 Å². The zero-order chi connectivity index (χ0) is 28.7. The smallest absolute Gasteiger partial charge is 0.416 e. The van der Waals surface area contributed by atoms with Gasteiger partial charge in [-0.2, -0.15) is 41.5 Å². The topological polar surface area (TPSA) is 119 Å². The first kappa shape index (κ1) is 28.0. The maximum atomic E-state index is 13.2. The van der Waals surface area contributed by atoms with Crippen LogP contribution >= 0.6 is 22.9 Å². The average Bonchev–Trinajstić information content (AvgIpc) is 3.27. The van der Waals surface area contributed by atoms with Crippen molar-refractivity contribution in [1.82, 2.24) is 14.6 Å². The number of hydrogen-bond donors (Lipinski definition) is 1. The van der Waals surface area contributed by atoms with Gasteiger partial charge in [-0.3, -0.25) is 4.79 Å². The number of carbonyl (C=O) groups is 1. The molecule has 2 aromatic heterocycles. The molecule has 4 aromatic rings. The molecule has 9 nitrogen and oxygen atoms in total. The Bertz CT molecular complexity index is 1700. The van der Waals surface area contributed by atoms with Crippen LogP contribution in [0.3, 0.4) is 0 Å². The fourth-order valence-corrected chi connectivity index (χ4v) is 4.21. The number of azo groups is 1. The molecule has 0 amide bonds. The molecule has 0 radical (unpaired) electrons. The first-order valence-corrected chi connectivity index (χ1v) is 11.7. The van der Waals surface area contributed by atoms with Crippen molar-refractivity contribution in [2.75, 3.05) is 6.61 Å². The summed E-state index contributed by atoms with van der Waals surface area (Å²) in [5.41, 5.74) is -5.66. The molecule has 39 heavy (non-hydrogen) atoms. The number of hydrogen-bond acceptors (Lipinski definition) is 9. The van der Waals surface area contributed by atoms with Crippen LogP contribution in [0.2, 0.25) is 5.02 Å². The van der Waals surface area contributed by atoms with Gasteiger partial charge in [0.05, 0.1) is 34.3 Å². The molecule has 0 unspecified atom stereocenters. The third-order valence-electron chi connectivity index (χ3n) is 4.91. The van der Waals surface area contributed by atoms with Gasteiger partial charge in [-0.25, -0.2) is 9.31 Å². The van der Waals surface area contributed by atoms with Crippen molar-refractivity contribution in [2.45, 2.75) is 19.3 Å². The molecule has 1 N–H and O–H groups in total. The Labute approximate surface area is 221 Å². The van der Waals surface area contributed by atoms with Crippen LogP contribution in [-0.2, 0) is 21.9 Å². The number of aliphatic hydroxyl groups excluding tert-OH is 1. The van der Waals surface area contributed by atoms with Crippen LogP contribution in [0, 0.1) is 0 Å². The van der Waals surface area contributed by atoms with Crippen LogP contribution in [0.1, 0.15) is 23.1 Å². The molecule has 17 heteroatoms. The molecule has 204 valence electrons. The quantitative estimate of drug-likeness (QED) is 0.0922. The molecule has 0 spiro atoms. The third kappa shape index (κ3) is 5.85. The highest BCUT2D eigenvalue weighted by atomic mass is 35.5. The number of benzene rings is 2. The Morgan fingerprint density at radius 1 is 1.10 bits per heavy atom. The van der Waals surface area contributed by atoms with Gasteiger partial charge in [0.15, 0.2) is 10.8 Å². The van der Waals surface area contributed by atoms with E-state index in [0.717, 1.165) is 4.52 Å². The molecular weight excluding hydrogens is 580 g/mol. The maximum Gasteiger partial charge on any atom is 0.416 e. The fraction of sp³-hybridized carbons (Fsp3) is 0.182. The SMILES string of the molecule is CCOC(=O)C(N=Nc1cc(C(F)(F)F)cc(C(F)(F)F)c1)=C(O)c1nn2c(nc(=O)c3ccc(Cl)cc32)s1. The number of ether oxygens (including phenoxy) is 1. The van der Waals surface area contributed by atoms with E-state index >= 15 is 0 Å². The molecule has 0 saturated carbocycles. The predicted molar refractivity (Wildman–Crippen MR) is 127 cm³/mol. The molecule has 0 aliphatic carbocycles. The van der Waals surface area contributed by atoms with E-state index in [1.165, 1.54) is 25.1 Å². The van der Waals surface area contributed by atoms with Gasteiger partial charge in [0.25, 0.3) is 5.56 Å². The van der Waals surface area contributed by atoms with Gasteiger partial charge in [-0.15, -0.1) is 5.11 Å². The van der Waals surface area contributed by atoms with E-state index < -0.39 is 52.2 Å². The molecule has 0 fully saturated rings. The van der Waals surface area contributed by atoms with Crippen LogP contribution in [0.15, 0.2) is 57.1 Å². The maximum absolute atomic E-state index is 13.2. The summed E-state index contributed by atoms with van der Waals surface area (Å²) in [6.07, 6.45) is -10.3. The molecule has 0 atom stereocenters. The lowest BCUT2D eigenvalue weighted by molar-refractivity contribution is -0.143. The zero-order valence-corrected chi connectivity index (χ0v) is 20.7. The number of carbonyl (C=O) groups excluding carboxylic acids is 1. The average molecular weight is 592 g/mol. The van der Waals surface area contributed by atoms with Crippen LogP contribution in [0.4, 0.5) is 32.0 Å². The summed E-state index contributed by atoms with van der Waals surface area (Å²) in [5.74, 6) is -2.30. The Kier molecular flexibility index (Phi) is 7.36. The highest BCUT2D eigenvalue weighted by Gasteiger charge is 2.37. The van der Waals surface area contributed by atoms with Gasteiger partial charge in [0.2, 0.25) is 10.7 Å². The van der Waals surface area contributed by atoms with Crippen molar-refractivity contribution in [1.29, 1.82) is 0 Å². The van der Waals surface area contributed by atoms with Crippen molar-refractivity contribution >= 4 is 56.2 Å². The van der Waals surface area contributed by atoms with Gasteiger partial charge >= 0.3 is 18.3 Å². The van der Waals surface area contributed by atoms with Crippen molar-refractivity contribution < 1.29 is 41.0 Å². The summed E-state index contributed by atoms with van der Waals surface area (Å²) in [7, 11) is 0. The number of halogens is 7. The summed E-state index contributed by atoms with van der Waals surface area (Å²) < 4.78 is 84.9. The summed E-state index contributed by atoms with van der Waals surface area (Å²) in [5, 5.41) is 21.6. The Hall–Kier alpha value is -4.05. The number of rotatable bonds is 5. The third-order valence-corrected chi connectivity index (χ3v) is 6.06. The van der Waals surface area contributed by atoms with Crippen molar-refractivity contribution in [2.24, 2.45) is 10.2 Å². The van der Waals surface area contributed by atoms with E-state index in [4.69, 9.17) is 16.3 Å². The molecule has 2 aromatic carbocycles. The predicted octanol–water partition coefficient (Wildman–Crippen LogP) is 6.57. The highest BCUT2D eigenvalue weighted by molar-refractivity contribution is 7.17. The van der Waals surface area contributed by atoms with Gasteiger partial charge in [-0.1, -0.05) is 22.9 Å². The van der Waals surface area contributed by atoms with Gasteiger partial charge in [0.1, 0.15) is 0 Å². The lowest BCUT2D eigenvalue weighted by Gasteiger charge is -2.12. The number of aromatic nitrogens is 3. The monoisotopic (exact) mass is 591 g/mol. The second kappa shape index (κ2) is 10.3. The van der Waals surface area contributed by atoms with E-state index in [0.29, 0.717) is 11.3 Å². The number of esters is 1. The largest absolute Gasteiger partial charge is 0.503 e. The number of aliphatic hydroxyl groups is 1. The standard InChI is InChI=1S/C22H12ClF6N5O4S/c1-2-38-19(37)15(32-31-12-6-9(21(24,25)26)5-10(7-12)22(27,28)29)16(35)18-33-34-14-8-11(23)3-4-13(14)17(36)30-20(34)39-18/h3-8,35H,2H2,1H3. The van der Waals surface area contributed by atoms with Crippen LogP contribution in [0.25, 0.3) is 21.6 Å². The summed E-state index contributed by atoms with van der Waals surface area (Å²) in [6.45, 7) is 1.17. The van der Waals surface area contributed by atoms with E-state index in [2.05, 4.69) is 20.3 Å². The minimum atomic E-state index is -5.15. The first-order chi connectivity index (χ1) is 18.2. The van der Waals surface area contributed by atoms with Crippen molar-refractivity contribution in [3.05, 3.63) is 73.6 Å². The number of nitrogens with zero attached hydrogens (tertiary/aromatic N) is 5. The Balaban J connectivity index is 1.88. The molecule has 0 saturated heterocycles. The van der Waals surface area contributed by atoms with Gasteiger partial charge in [-0.05, 0) is 43.3 Å². The van der Waals surface area contributed by atoms with Gasteiger partial charge < -0.3 is 9.84 Å². The minimum Gasteiger partial charge on any atom is -0.503 e. The summed E-state index contributed by atoms with van der Waals surface area (Å²) in [4.78, 5) is 28.6. The van der Waals surface area contributed by atoms with Crippen molar-refractivity contribution in [3.63, 3.8) is 0 Å². The van der Waals surface area contributed by atoms with E-state index in [1.807, 2.05) is 0 Å². The van der Waals surface area contributed by atoms with Crippen LogP contribution in [0.5, 0.6) is 0 Å². The van der Waals surface area contributed by atoms with Crippen LogP contribution < -0.4 is 5.56 Å². The van der Waals surface area contributed by atoms with E-state index in [9.17, 15) is 41.0 Å². The second-order valence-electron chi connectivity index (χ2n) is 7.56. The minimum absolute atomic E-state index is 0.0378. The van der Waals surface area contributed by atoms with Crippen molar-refractivity contribution in [3.8, 4) is 0 Å². The number of fused-ring (bicyclic) bond motifs is 3. The lowest BCUT2D eigenvalue weighted by Crippen LogP contribution is -2.10. The summed E-state index contributed by atoms with van der Waals surface area (Å²) in [6, 6.07) is 4.70. The number of alkyl halides is 6. The molecule has 0 bridgehead atoms. The zero-order valence-electron chi connectivity index (χ0n) is 19.1.